The maximum Gasteiger partial charge on any atom is 0.341 e. The lowest BCUT2D eigenvalue weighted by Gasteiger charge is -2.32. The van der Waals surface area contributed by atoms with Gasteiger partial charge >= 0.3 is 5.97 Å². The van der Waals surface area contributed by atoms with Crippen molar-refractivity contribution in [2.45, 2.75) is 26.5 Å². The van der Waals surface area contributed by atoms with Crippen molar-refractivity contribution in [1.29, 1.82) is 0 Å². The van der Waals surface area contributed by atoms with E-state index in [9.17, 15) is 14.7 Å². The monoisotopic (exact) mass is 445 g/mol. The van der Waals surface area contributed by atoms with E-state index in [1.807, 2.05) is 32.1 Å². The number of hydrogen-bond donors (Lipinski definition) is 1. The van der Waals surface area contributed by atoms with Crippen LogP contribution in [0.5, 0.6) is 11.5 Å². The Hall–Kier alpha value is -3.03. The third-order valence-corrected chi connectivity index (χ3v) is 5.10. The fourth-order valence-corrected chi connectivity index (χ4v) is 3.49. The van der Waals surface area contributed by atoms with Crippen LogP contribution in [0.4, 0.5) is 0 Å². The first-order chi connectivity index (χ1) is 14.9. The number of aromatic nitrogens is 1. The van der Waals surface area contributed by atoms with Crippen LogP contribution in [0.3, 0.4) is 0 Å². The number of ether oxygens (including phenoxy) is 3. The van der Waals surface area contributed by atoms with Gasteiger partial charge in [0.2, 0.25) is 0 Å². The summed E-state index contributed by atoms with van der Waals surface area (Å²) >= 11 is 6.42. The molecule has 3 rings (SSSR count). The van der Waals surface area contributed by atoms with Gasteiger partial charge in [0, 0.05) is 44.0 Å². The van der Waals surface area contributed by atoms with Gasteiger partial charge < -0.3 is 23.9 Å². The van der Waals surface area contributed by atoms with Crippen molar-refractivity contribution in [2.24, 2.45) is 0 Å². The number of nitrogens with zero attached hydrogens (tertiary/aromatic N) is 1. The molecule has 0 saturated carbocycles. The van der Waals surface area contributed by atoms with Gasteiger partial charge in [-0.25, -0.2) is 4.79 Å². The number of carbonyl (C=O) groups is 1. The number of pyridine rings is 1. The molecule has 7 nitrogen and oxygen atoms in total. The summed E-state index contributed by atoms with van der Waals surface area (Å²) in [5, 5.41) is 9.77. The average Bonchev–Trinajstić information content (AvgIpc) is 2.74. The number of hydrogen-bond acceptors (Lipinski definition) is 5. The zero-order valence-electron chi connectivity index (χ0n) is 17.6. The standard InChI is InChI=1S/C23H24ClNO6/c1-4-5-7-14(2)22-25-13-16(23(27)28)19(26)11-18(25)15-10-17(24)21(12-20(15)31-22)30-9-6-8-29-3/h4-5,7,10-13,22H,6,8-9H2,1-3H3,(H,27,28)/b5-4-,14-7+. The Balaban J connectivity index is 2.12. The highest BCUT2D eigenvalue weighted by atomic mass is 35.5. The van der Waals surface area contributed by atoms with Crippen LogP contribution in [0.15, 0.2) is 53.0 Å². The van der Waals surface area contributed by atoms with Gasteiger partial charge in [-0.1, -0.05) is 29.8 Å². The van der Waals surface area contributed by atoms with Gasteiger partial charge in [0.1, 0.15) is 17.1 Å². The summed E-state index contributed by atoms with van der Waals surface area (Å²) in [5.74, 6) is -0.340. The maximum absolute atomic E-state index is 12.4. The van der Waals surface area contributed by atoms with E-state index in [0.29, 0.717) is 47.4 Å². The second kappa shape index (κ2) is 9.85. The van der Waals surface area contributed by atoms with Crippen LogP contribution >= 0.6 is 11.6 Å². The summed E-state index contributed by atoms with van der Waals surface area (Å²) in [4.78, 5) is 23.9. The lowest BCUT2D eigenvalue weighted by molar-refractivity contribution is 0.0693. The summed E-state index contributed by atoms with van der Waals surface area (Å²) in [6, 6.07) is 4.66. The molecule has 1 aromatic carbocycles. The first kappa shape index (κ1) is 22.7. The van der Waals surface area contributed by atoms with E-state index in [1.165, 1.54) is 12.3 Å². The summed E-state index contributed by atoms with van der Waals surface area (Å²) in [7, 11) is 1.62. The zero-order valence-corrected chi connectivity index (χ0v) is 18.3. The van der Waals surface area contributed by atoms with Crippen LogP contribution in [0.1, 0.15) is 36.9 Å². The Labute approximate surface area is 185 Å². The van der Waals surface area contributed by atoms with Crippen LogP contribution in [0.2, 0.25) is 5.02 Å². The molecule has 2 heterocycles. The molecule has 8 heteroatoms. The first-order valence-corrected chi connectivity index (χ1v) is 10.2. The van der Waals surface area contributed by atoms with Gasteiger partial charge in [0.15, 0.2) is 11.7 Å². The largest absolute Gasteiger partial charge is 0.492 e. The fraction of sp³-hybridized carbons (Fsp3) is 0.304. The van der Waals surface area contributed by atoms with Crippen LogP contribution in [0.25, 0.3) is 11.3 Å². The number of allylic oxidation sites excluding steroid dienone is 3. The van der Waals surface area contributed by atoms with E-state index in [1.54, 1.807) is 23.8 Å². The van der Waals surface area contributed by atoms with Crippen molar-refractivity contribution < 1.29 is 24.1 Å². The molecule has 1 N–H and O–H groups in total. The van der Waals surface area contributed by atoms with Crippen molar-refractivity contribution in [3.63, 3.8) is 0 Å². The SMILES string of the molecule is C/C=C\C=C(/C)C1Oc2cc(OCCCOC)c(Cl)cc2-c2cc(=O)c(C(=O)O)cn21. The molecule has 0 radical (unpaired) electrons. The maximum atomic E-state index is 12.4. The highest BCUT2D eigenvalue weighted by Gasteiger charge is 2.29. The number of fused-ring (bicyclic) bond motifs is 3. The van der Waals surface area contributed by atoms with Crippen molar-refractivity contribution in [1.82, 2.24) is 4.57 Å². The van der Waals surface area contributed by atoms with Crippen molar-refractivity contribution >= 4 is 17.6 Å². The predicted octanol–water partition coefficient (Wildman–Crippen LogP) is 4.70. The van der Waals surface area contributed by atoms with E-state index in [2.05, 4.69) is 0 Å². The molecule has 1 aromatic heterocycles. The number of carboxylic acids is 1. The minimum Gasteiger partial charge on any atom is -0.492 e. The molecule has 1 aliphatic heterocycles. The topological polar surface area (TPSA) is 87.0 Å². The molecular formula is C23H24ClNO6. The van der Waals surface area contributed by atoms with E-state index in [0.717, 1.165) is 5.57 Å². The third kappa shape index (κ3) is 4.84. The molecule has 2 aromatic rings. The highest BCUT2D eigenvalue weighted by molar-refractivity contribution is 6.32. The smallest absolute Gasteiger partial charge is 0.341 e. The molecule has 1 unspecified atom stereocenters. The molecule has 164 valence electrons. The van der Waals surface area contributed by atoms with Gasteiger partial charge in [0.05, 0.1) is 17.3 Å². The first-order valence-electron chi connectivity index (χ1n) is 9.78. The van der Waals surface area contributed by atoms with Gasteiger partial charge in [-0.2, -0.15) is 0 Å². The predicted molar refractivity (Wildman–Crippen MR) is 118 cm³/mol. The summed E-state index contributed by atoms with van der Waals surface area (Å²) in [5.41, 5.74) is 1.00. The fourth-order valence-electron chi connectivity index (χ4n) is 3.27. The van der Waals surface area contributed by atoms with E-state index >= 15 is 0 Å². The molecule has 0 saturated heterocycles. The number of aromatic carboxylic acids is 1. The quantitative estimate of drug-likeness (QED) is 0.468. The van der Waals surface area contributed by atoms with Crippen LogP contribution < -0.4 is 14.9 Å². The number of carboxylic acid groups (broad SMARTS) is 1. The molecule has 1 aliphatic rings. The minimum atomic E-state index is -1.29. The van der Waals surface area contributed by atoms with Crippen LogP contribution in [0, 0.1) is 0 Å². The summed E-state index contributed by atoms with van der Waals surface area (Å²) in [6.45, 7) is 4.76. The summed E-state index contributed by atoms with van der Waals surface area (Å²) in [6.07, 6.45) is 6.98. The van der Waals surface area contributed by atoms with Gasteiger partial charge in [-0.3, -0.25) is 4.79 Å². The number of rotatable bonds is 8. The van der Waals surface area contributed by atoms with Gasteiger partial charge in [-0.05, 0) is 25.5 Å². The number of benzene rings is 1. The molecule has 0 bridgehead atoms. The van der Waals surface area contributed by atoms with Crippen LogP contribution in [-0.4, -0.2) is 36.0 Å². The third-order valence-electron chi connectivity index (χ3n) is 4.80. The second-order valence-electron chi connectivity index (χ2n) is 7.03. The van der Waals surface area contributed by atoms with Crippen molar-refractivity contribution in [3.05, 3.63) is 69.0 Å². The molecule has 31 heavy (non-hydrogen) atoms. The van der Waals surface area contributed by atoms with Gasteiger partial charge in [-0.15, -0.1) is 0 Å². The molecule has 0 aliphatic carbocycles. The Morgan fingerprint density at radius 1 is 1.32 bits per heavy atom. The Bertz CT molecular complexity index is 1100. The average molecular weight is 446 g/mol. The van der Waals surface area contributed by atoms with Gasteiger partial charge in [0.25, 0.3) is 0 Å². The van der Waals surface area contributed by atoms with Crippen molar-refractivity contribution in [2.75, 3.05) is 20.3 Å². The van der Waals surface area contributed by atoms with E-state index in [4.69, 9.17) is 25.8 Å². The molecule has 0 fully saturated rings. The van der Waals surface area contributed by atoms with E-state index < -0.39 is 17.6 Å². The highest BCUT2D eigenvalue weighted by Crippen LogP contribution is 2.44. The number of halogens is 1. The molecule has 0 spiro atoms. The number of methoxy groups -OCH3 is 1. The Kier molecular flexibility index (Phi) is 7.20. The normalized spacial score (nSPS) is 15.4. The van der Waals surface area contributed by atoms with E-state index in [-0.39, 0.29) is 5.56 Å². The zero-order chi connectivity index (χ0) is 22.5. The Morgan fingerprint density at radius 2 is 2.10 bits per heavy atom. The lowest BCUT2D eigenvalue weighted by atomic mass is 10.0. The second-order valence-corrected chi connectivity index (χ2v) is 7.44. The van der Waals surface area contributed by atoms with Crippen molar-refractivity contribution in [3.8, 4) is 22.8 Å². The molecular weight excluding hydrogens is 422 g/mol. The Morgan fingerprint density at radius 3 is 2.77 bits per heavy atom. The summed E-state index contributed by atoms with van der Waals surface area (Å²) < 4.78 is 18.6. The van der Waals surface area contributed by atoms with Crippen LogP contribution in [-0.2, 0) is 4.74 Å². The molecule has 0 amide bonds. The molecule has 1 atom stereocenters. The lowest BCUT2D eigenvalue weighted by Crippen LogP contribution is -2.27. The minimum absolute atomic E-state index is 0.330.